The third-order valence-corrected chi connectivity index (χ3v) is 3.64. The monoisotopic (exact) mass is 357 g/mol. The Morgan fingerprint density at radius 3 is 2.83 bits per heavy atom. The molecular formula is C12H12IN3O2. The third kappa shape index (κ3) is 2.36. The number of hydrogen-bond acceptors (Lipinski definition) is 4. The molecule has 2 rings (SSSR count). The number of carbonyl (C=O) groups is 1. The number of nitriles is 1. The van der Waals surface area contributed by atoms with Crippen LogP contribution in [0.2, 0.25) is 0 Å². The van der Waals surface area contributed by atoms with Gasteiger partial charge in [-0.1, -0.05) is 0 Å². The van der Waals surface area contributed by atoms with Gasteiger partial charge >= 0.3 is 0 Å². The molecule has 1 aromatic carbocycles. The fraction of sp³-hybridized carbons (Fsp3) is 0.333. The lowest BCUT2D eigenvalue weighted by atomic mass is 10.2. The average molecular weight is 357 g/mol. The summed E-state index contributed by atoms with van der Waals surface area (Å²) in [4.78, 5) is 13.4. The molecule has 94 valence electrons. The molecule has 1 fully saturated rings. The Labute approximate surface area is 119 Å². The molecule has 1 aromatic rings. The normalized spacial score (nSPS) is 18.8. The van der Waals surface area contributed by atoms with Crippen LogP contribution < -0.4 is 10.5 Å². The molecule has 1 amide bonds. The fourth-order valence-electron chi connectivity index (χ4n) is 1.85. The number of nitrogen functional groups attached to an aromatic ring is 1. The summed E-state index contributed by atoms with van der Waals surface area (Å²) in [6.07, 6.45) is 0.184. The number of amides is 1. The zero-order valence-corrected chi connectivity index (χ0v) is 12.0. The van der Waals surface area contributed by atoms with Crippen LogP contribution in [0.1, 0.15) is 12.0 Å². The van der Waals surface area contributed by atoms with Gasteiger partial charge in [0, 0.05) is 20.0 Å². The third-order valence-electron chi connectivity index (χ3n) is 2.84. The molecule has 1 heterocycles. The second-order valence-electron chi connectivity index (χ2n) is 4.14. The van der Waals surface area contributed by atoms with Crippen molar-refractivity contribution in [3.63, 3.8) is 0 Å². The fourth-order valence-corrected chi connectivity index (χ4v) is 2.62. The zero-order chi connectivity index (χ0) is 13.3. The summed E-state index contributed by atoms with van der Waals surface area (Å²) in [6.45, 7) is 0.691. The Hall–Kier alpha value is -1.49. The van der Waals surface area contributed by atoms with Crippen molar-refractivity contribution < 1.29 is 9.53 Å². The number of hydrogen-bond donors (Lipinski definition) is 1. The highest BCUT2D eigenvalue weighted by Gasteiger charge is 2.31. The van der Waals surface area contributed by atoms with Crippen molar-refractivity contribution in [1.29, 1.82) is 5.26 Å². The Kier molecular flexibility index (Phi) is 3.61. The number of carbonyl (C=O) groups excluding carboxylic acids is 1. The van der Waals surface area contributed by atoms with Gasteiger partial charge in [0.1, 0.15) is 0 Å². The van der Waals surface area contributed by atoms with E-state index >= 15 is 0 Å². The highest BCUT2D eigenvalue weighted by Crippen LogP contribution is 2.31. The number of benzene rings is 1. The van der Waals surface area contributed by atoms with Crippen molar-refractivity contribution in [2.24, 2.45) is 0 Å². The van der Waals surface area contributed by atoms with E-state index in [1.54, 1.807) is 24.1 Å². The Bertz CT molecular complexity index is 516. The van der Waals surface area contributed by atoms with Crippen LogP contribution in [0.4, 0.5) is 5.69 Å². The van der Waals surface area contributed by atoms with Crippen LogP contribution in [0.5, 0.6) is 5.75 Å². The van der Waals surface area contributed by atoms with Crippen LogP contribution in [0.25, 0.3) is 0 Å². The molecule has 6 heteroatoms. The zero-order valence-electron chi connectivity index (χ0n) is 9.81. The van der Waals surface area contributed by atoms with E-state index in [4.69, 9.17) is 15.7 Å². The molecule has 0 spiro atoms. The summed E-state index contributed by atoms with van der Waals surface area (Å²) >= 11 is 2.05. The van der Waals surface area contributed by atoms with Crippen molar-refractivity contribution in [3.05, 3.63) is 21.3 Å². The van der Waals surface area contributed by atoms with Crippen molar-refractivity contribution in [3.8, 4) is 11.8 Å². The van der Waals surface area contributed by atoms with Crippen LogP contribution in [0.15, 0.2) is 12.1 Å². The summed E-state index contributed by atoms with van der Waals surface area (Å²) in [5, 5.41) is 8.83. The molecule has 5 nitrogen and oxygen atoms in total. The maximum absolute atomic E-state index is 11.8. The van der Waals surface area contributed by atoms with Gasteiger partial charge < -0.3 is 15.4 Å². The van der Waals surface area contributed by atoms with E-state index in [0.29, 0.717) is 30.0 Å². The van der Waals surface area contributed by atoms with Crippen LogP contribution in [-0.2, 0) is 4.79 Å². The van der Waals surface area contributed by atoms with Crippen LogP contribution >= 0.6 is 22.6 Å². The van der Waals surface area contributed by atoms with Gasteiger partial charge in [-0.25, -0.2) is 0 Å². The second-order valence-corrected chi connectivity index (χ2v) is 5.31. The molecule has 1 unspecified atom stereocenters. The van der Waals surface area contributed by atoms with Crippen molar-refractivity contribution in [2.45, 2.75) is 12.5 Å². The van der Waals surface area contributed by atoms with E-state index in [9.17, 15) is 4.79 Å². The van der Waals surface area contributed by atoms with E-state index in [0.717, 1.165) is 3.57 Å². The summed E-state index contributed by atoms with van der Waals surface area (Å²) in [5.74, 6) is 0.456. The van der Waals surface area contributed by atoms with E-state index in [1.807, 2.05) is 6.07 Å². The Balaban J connectivity index is 2.25. The molecular weight excluding hydrogens is 345 g/mol. The minimum Gasteiger partial charge on any atom is -0.477 e. The lowest BCUT2D eigenvalue weighted by molar-refractivity contribution is -0.132. The molecule has 18 heavy (non-hydrogen) atoms. The number of likely N-dealkylation sites (N-methyl/N-ethyl adjacent to an activating group) is 1. The number of nitrogens with zero attached hydrogens (tertiary/aromatic N) is 2. The topological polar surface area (TPSA) is 79.3 Å². The number of ether oxygens (including phenoxy) is 1. The van der Waals surface area contributed by atoms with Gasteiger partial charge in [0.2, 0.25) is 0 Å². The summed E-state index contributed by atoms with van der Waals surface area (Å²) in [7, 11) is 1.75. The number of likely N-dealkylation sites (tertiary alicyclic amines) is 1. The van der Waals surface area contributed by atoms with E-state index in [1.165, 1.54) is 0 Å². The predicted octanol–water partition coefficient (Wildman–Crippen LogP) is 1.35. The van der Waals surface area contributed by atoms with Crippen LogP contribution in [-0.4, -0.2) is 30.5 Å². The molecule has 2 N–H and O–H groups in total. The van der Waals surface area contributed by atoms with Gasteiger partial charge in [-0.3, -0.25) is 4.79 Å². The molecule has 1 atom stereocenters. The Morgan fingerprint density at radius 2 is 2.33 bits per heavy atom. The SMILES string of the molecule is CN1CCC(Oc2c(N)cc(C#N)cc2I)C1=O. The predicted molar refractivity (Wildman–Crippen MR) is 75.0 cm³/mol. The largest absolute Gasteiger partial charge is 0.477 e. The molecule has 1 aliphatic rings. The van der Waals surface area contributed by atoms with Crippen molar-refractivity contribution in [2.75, 3.05) is 19.3 Å². The van der Waals surface area contributed by atoms with Crippen molar-refractivity contribution in [1.82, 2.24) is 4.90 Å². The van der Waals surface area contributed by atoms with Gasteiger partial charge in [-0.05, 0) is 34.7 Å². The smallest absolute Gasteiger partial charge is 0.263 e. The minimum atomic E-state index is -0.473. The first-order chi connectivity index (χ1) is 8.52. The lowest BCUT2D eigenvalue weighted by Gasteiger charge is -2.16. The number of anilines is 1. The molecule has 0 bridgehead atoms. The molecule has 1 aliphatic heterocycles. The van der Waals surface area contributed by atoms with E-state index in [-0.39, 0.29) is 5.91 Å². The second kappa shape index (κ2) is 5.02. The minimum absolute atomic E-state index is 0.0328. The first-order valence-corrected chi connectivity index (χ1v) is 6.51. The summed E-state index contributed by atoms with van der Waals surface area (Å²) in [6, 6.07) is 5.28. The maximum atomic E-state index is 11.8. The molecule has 1 saturated heterocycles. The summed E-state index contributed by atoms with van der Waals surface area (Å²) < 4.78 is 6.43. The number of rotatable bonds is 2. The van der Waals surface area contributed by atoms with Gasteiger partial charge in [0.15, 0.2) is 11.9 Å². The summed E-state index contributed by atoms with van der Waals surface area (Å²) in [5.41, 5.74) is 6.73. The van der Waals surface area contributed by atoms with Gasteiger partial charge in [-0.2, -0.15) is 5.26 Å². The average Bonchev–Trinajstić information content (AvgIpc) is 2.65. The van der Waals surface area contributed by atoms with Crippen molar-refractivity contribution >= 4 is 34.2 Å². The number of halogens is 1. The first kappa shape index (κ1) is 13.0. The number of nitrogens with two attached hydrogens (primary N) is 1. The first-order valence-electron chi connectivity index (χ1n) is 5.43. The highest BCUT2D eigenvalue weighted by atomic mass is 127. The quantitative estimate of drug-likeness (QED) is 0.640. The Morgan fingerprint density at radius 1 is 1.61 bits per heavy atom. The molecule has 0 saturated carbocycles. The molecule has 0 aromatic heterocycles. The highest BCUT2D eigenvalue weighted by molar-refractivity contribution is 14.1. The van der Waals surface area contributed by atoms with E-state index in [2.05, 4.69) is 22.6 Å². The molecule has 0 aliphatic carbocycles. The lowest BCUT2D eigenvalue weighted by Crippen LogP contribution is -2.29. The standard InChI is InChI=1S/C12H12IN3O2/c1-16-3-2-10(12(16)17)18-11-8(13)4-7(6-14)5-9(11)15/h4-5,10H,2-3,15H2,1H3. The van der Waals surface area contributed by atoms with Crippen LogP contribution in [0.3, 0.4) is 0 Å². The maximum Gasteiger partial charge on any atom is 0.263 e. The van der Waals surface area contributed by atoms with Gasteiger partial charge in [-0.15, -0.1) is 0 Å². The molecule has 0 radical (unpaired) electrons. The van der Waals surface area contributed by atoms with Gasteiger partial charge in [0.05, 0.1) is 20.9 Å². The van der Waals surface area contributed by atoms with E-state index < -0.39 is 6.10 Å². The van der Waals surface area contributed by atoms with Crippen LogP contribution in [0, 0.1) is 14.9 Å². The van der Waals surface area contributed by atoms with Gasteiger partial charge in [0.25, 0.3) is 5.91 Å².